The Morgan fingerprint density at radius 2 is 1.82 bits per heavy atom. The van der Waals surface area contributed by atoms with E-state index in [1.165, 1.54) is 42.9 Å². The second-order valence-electron chi connectivity index (χ2n) is 8.31. The van der Waals surface area contributed by atoms with Crippen LogP contribution in [0, 0.1) is 10.1 Å². The van der Waals surface area contributed by atoms with Crippen LogP contribution in [0.4, 0.5) is 5.69 Å². The standard InChI is InChI=1S/C24H20N6O7S/c1-28-21-19(23(32)29(2)24(28)33)22(27-20(26-21)14-4-6-15(7-5-14)30(34)35)38-11-18(31)25-10-13-3-8-16-17(9-13)37-12-36-16/h3-9H,10-12H2,1-2H3,(H,25,31). The zero-order chi connectivity index (χ0) is 27.0. The third-order valence-corrected chi connectivity index (χ3v) is 6.85. The summed E-state index contributed by atoms with van der Waals surface area (Å²) in [7, 11) is 2.82. The zero-order valence-corrected chi connectivity index (χ0v) is 21.0. The largest absolute Gasteiger partial charge is 0.454 e. The average molecular weight is 537 g/mol. The number of thioether (sulfide) groups is 1. The van der Waals surface area contributed by atoms with Crippen molar-refractivity contribution >= 4 is 34.4 Å². The van der Waals surface area contributed by atoms with E-state index < -0.39 is 16.2 Å². The number of ether oxygens (including phenoxy) is 2. The highest BCUT2D eigenvalue weighted by atomic mass is 32.2. The van der Waals surface area contributed by atoms with Crippen LogP contribution < -0.4 is 26.0 Å². The van der Waals surface area contributed by atoms with Gasteiger partial charge in [0.25, 0.3) is 11.2 Å². The van der Waals surface area contributed by atoms with Crippen LogP contribution in [0.15, 0.2) is 57.1 Å². The van der Waals surface area contributed by atoms with Gasteiger partial charge in [-0.3, -0.25) is 28.8 Å². The van der Waals surface area contributed by atoms with Crippen molar-refractivity contribution in [3.05, 3.63) is 79.0 Å². The fourth-order valence-electron chi connectivity index (χ4n) is 3.83. The van der Waals surface area contributed by atoms with E-state index in [2.05, 4.69) is 15.3 Å². The minimum absolute atomic E-state index is 0.0671. The summed E-state index contributed by atoms with van der Waals surface area (Å²) in [5.41, 5.74) is 0.0771. The zero-order valence-electron chi connectivity index (χ0n) is 20.2. The number of nitro groups is 1. The number of aromatic nitrogens is 4. The van der Waals surface area contributed by atoms with Gasteiger partial charge in [-0.15, -0.1) is 0 Å². The number of amides is 1. The molecule has 0 saturated heterocycles. The number of nitrogens with zero attached hydrogens (tertiary/aromatic N) is 5. The van der Waals surface area contributed by atoms with Gasteiger partial charge >= 0.3 is 5.69 Å². The second kappa shape index (κ2) is 9.97. The molecular weight excluding hydrogens is 516 g/mol. The van der Waals surface area contributed by atoms with Gasteiger partial charge in [-0.1, -0.05) is 17.8 Å². The van der Waals surface area contributed by atoms with E-state index in [1.54, 1.807) is 12.1 Å². The fourth-order valence-corrected chi connectivity index (χ4v) is 4.68. The Morgan fingerprint density at radius 3 is 2.55 bits per heavy atom. The lowest BCUT2D eigenvalue weighted by molar-refractivity contribution is -0.384. The van der Waals surface area contributed by atoms with Gasteiger partial charge in [0, 0.05) is 38.3 Å². The van der Waals surface area contributed by atoms with Crippen molar-refractivity contribution in [2.45, 2.75) is 11.6 Å². The first-order chi connectivity index (χ1) is 18.2. The molecule has 194 valence electrons. The van der Waals surface area contributed by atoms with Crippen LogP contribution in [0.5, 0.6) is 11.5 Å². The maximum atomic E-state index is 13.0. The molecule has 2 aromatic carbocycles. The lowest BCUT2D eigenvalue weighted by Gasteiger charge is -2.12. The van der Waals surface area contributed by atoms with E-state index in [4.69, 9.17) is 9.47 Å². The molecule has 1 aliphatic heterocycles. The lowest BCUT2D eigenvalue weighted by atomic mass is 10.2. The van der Waals surface area contributed by atoms with Gasteiger partial charge in [0.15, 0.2) is 23.0 Å². The van der Waals surface area contributed by atoms with Crippen LogP contribution in [-0.2, 0) is 25.4 Å². The lowest BCUT2D eigenvalue weighted by Crippen LogP contribution is -2.37. The maximum absolute atomic E-state index is 13.0. The fraction of sp³-hybridized carbons (Fsp3) is 0.208. The Morgan fingerprint density at radius 1 is 1.08 bits per heavy atom. The quantitative estimate of drug-likeness (QED) is 0.159. The Balaban J connectivity index is 1.43. The number of benzene rings is 2. The van der Waals surface area contributed by atoms with Crippen LogP contribution in [0.3, 0.4) is 0 Å². The molecule has 1 N–H and O–H groups in total. The van der Waals surface area contributed by atoms with E-state index in [0.717, 1.165) is 21.9 Å². The number of hydrogen-bond acceptors (Lipinski definition) is 10. The molecule has 4 aromatic rings. The molecule has 0 spiro atoms. The molecule has 0 saturated carbocycles. The molecule has 0 radical (unpaired) electrons. The number of rotatable bonds is 7. The van der Waals surface area contributed by atoms with Gasteiger partial charge in [0.2, 0.25) is 12.7 Å². The highest BCUT2D eigenvalue weighted by Crippen LogP contribution is 2.32. The molecule has 2 aromatic heterocycles. The number of aryl methyl sites for hydroxylation is 1. The van der Waals surface area contributed by atoms with Crippen molar-refractivity contribution in [2.24, 2.45) is 14.1 Å². The maximum Gasteiger partial charge on any atom is 0.332 e. The van der Waals surface area contributed by atoms with Crippen LogP contribution in [0.1, 0.15) is 5.56 Å². The number of carbonyl (C=O) groups excluding carboxylic acids is 1. The van der Waals surface area contributed by atoms with Gasteiger partial charge in [-0.25, -0.2) is 14.8 Å². The predicted octanol–water partition coefficient (Wildman–Crippen LogP) is 1.74. The summed E-state index contributed by atoms with van der Waals surface area (Å²) in [5.74, 6) is 1.03. The minimum atomic E-state index is -0.596. The predicted molar refractivity (Wildman–Crippen MR) is 137 cm³/mol. The molecule has 38 heavy (non-hydrogen) atoms. The van der Waals surface area contributed by atoms with E-state index in [1.807, 2.05) is 6.07 Å². The third kappa shape index (κ3) is 4.68. The molecule has 0 aliphatic carbocycles. The van der Waals surface area contributed by atoms with Crippen LogP contribution in [-0.4, -0.2) is 42.5 Å². The molecule has 14 heteroatoms. The van der Waals surface area contributed by atoms with Crippen LogP contribution in [0.2, 0.25) is 0 Å². The molecule has 0 fully saturated rings. The Kier molecular flexibility index (Phi) is 6.55. The van der Waals surface area contributed by atoms with E-state index in [0.29, 0.717) is 17.1 Å². The number of hydrogen-bond donors (Lipinski definition) is 1. The van der Waals surface area contributed by atoms with Crippen molar-refractivity contribution in [1.82, 2.24) is 24.4 Å². The van der Waals surface area contributed by atoms with Crippen molar-refractivity contribution < 1.29 is 19.2 Å². The third-order valence-electron chi connectivity index (χ3n) is 5.87. The number of fused-ring (bicyclic) bond motifs is 2. The molecule has 0 unspecified atom stereocenters. The summed E-state index contributed by atoms with van der Waals surface area (Å²) in [6.07, 6.45) is 0. The number of nitro benzene ring substituents is 1. The summed E-state index contributed by atoms with van der Waals surface area (Å²) in [6, 6.07) is 10.9. The summed E-state index contributed by atoms with van der Waals surface area (Å²) in [6.45, 7) is 0.409. The molecular formula is C24H20N6O7S. The molecule has 1 amide bonds. The van der Waals surface area contributed by atoms with Crippen molar-refractivity contribution in [1.29, 1.82) is 0 Å². The first-order valence-corrected chi connectivity index (χ1v) is 12.2. The van der Waals surface area contributed by atoms with E-state index in [-0.39, 0.29) is 52.6 Å². The molecule has 5 rings (SSSR count). The van der Waals surface area contributed by atoms with E-state index in [9.17, 15) is 24.5 Å². The highest BCUT2D eigenvalue weighted by Gasteiger charge is 2.20. The van der Waals surface area contributed by atoms with Gasteiger partial charge in [-0.2, -0.15) is 0 Å². The molecule has 0 atom stereocenters. The normalized spacial score (nSPS) is 12.1. The van der Waals surface area contributed by atoms with Gasteiger partial charge in [0.1, 0.15) is 10.4 Å². The Hall–Kier alpha value is -4.72. The molecule has 0 bridgehead atoms. The first kappa shape index (κ1) is 25.0. The minimum Gasteiger partial charge on any atom is -0.454 e. The summed E-state index contributed by atoms with van der Waals surface area (Å²) in [5, 5.41) is 14.1. The van der Waals surface area contributed by atoms with Gasteiger partial charge in [-0.05, 0) is 29.8 Å². The first-order valence-electron chi connectivity index (χ1n) is 11.2. The summed E-state index contributed by atoms with van der Waals surface area (Å²) in [4.78, 5) is 57.6. The van der Waals surface area contributed by atoms with Crippen molar-refractivity contribution in [3.63, 3.8) is 0 Å². The number of nitrogens with one attached hydrogen (secondary N) is 1. The topological polar surface area (TPSA) is 160 Å². The van der Waals surface area contributed by atoms with Crippen LogP contribution in [0.25, 0.3) is 22.4 Å². The monoisotopic (exact) mass is 536 g/mol. The Labute approximate surface area is 218 Å². The highest BCUT2D eigenvalue weighted by molar-refractivity contribution is 8.00. The van der Waals surface area contributed by atoms with Gasteiger partial charge < -0.3 is 14.8 Å². The smallest absolute Gasteiger partial charge is 0.332 e. The summed E-state index contributed by atoms with van der Waals surface area (Å²) < 4.78 is 12.8. The van der Waals surface area contributed by atoms with Gasteiger partial charge in [0.05, 0.1) is 10.7 Å². The molecule has 13 nitrogen and oxygen atoms in total. The summed E-state index contributed by atoms with van der Waals surface area (Å²) >= 11 is 1.02. The SMILES string of the molecule is Cn1c(=O)c2c(SCC(=O)NCc3ccc4c(c3)OCO4)nc(-c3ccc([N+](=O)[O-])cc3)nc2n(C)c1=O. The molecule has 3 heterocycles. The number of carbonyl (C=O) groups is 1. The number of non-ortho nitro benzene ring substituents is 1. The second-order valence-corrected chi connectivity index (χ2v) is 9.28. The Bertz CT molecular complexity index is 1720. The molecule has 1 aliphatic rings. The van der Waals surface area contributed by atoms with Crippen molar-refractivity contribution in [2.75, 3.05) is 12.5 Å². The average Bonchev–Trinajstić information content (AvgIpc) is 3.40. The van der Waals surface area contributed by atoms with E-state index >= 15 is 0 Å². The van der Waals surface area contributed by atoms with Crippen LogP contribution >= 0.6 is 11.8 Å². The van der Waals surface area contributed by atoms with Crippen molar-refractivity contribution in [3.8, 4) is 22.9 Å².